The lowest BCUT2D eigenvalue weighted by Gasteiger charge is -2.13. The SMILES string of the molecule is Cc1cc(=O)n(CC(=O)Nc2c(C#N)cnn2C)c2c1c(C)nn2-c1ccccc1. The van der Waals surface area contributed by atoms with E-state index in [0.717, 1.165) is 22.3 Å². The molecule has 3 heterocycles. The Kier molecular flexibility index (Phi) is 4.68. The number of aromatic nitrogens is 5. The van der Waals surface area contributed by atoms with Gasteiger partial charge in [0.25, 0.3) is 5.56 Å². The first-order valence-corrected chi connectivity index (χ1v) is 9.28. The fourth-order valence-corrected chi connectivity index (χ4v) is 3.55. The largest absolute Gasteiger partial charge is 0.308 e. The topological polar surface area (TPSA) is 111 Å². The number of carbonyl (C=O) groups is 1. The Morgan fingerprint density at radius 2 is 1.97 bits per heavy atom. The predicted octanol–water partition coefficient (Wildman–Crippen LogP) is 2.05. The van der Waals surface area contributed by atoms with Crippen LogP contribution in [0.2, 0.25) is 0 Å². The first-order chi connectivity index (χ1) is 14.4. The van der Waals surface area contributed by atoms with Crippen LogP contribution in [0.3, 0.4) is 0 Å². The van der Waals surface area contributed by atoms with Crippen molar-refractivity contribution in [2.24, 2.45) is 7.05 Å². The molecular weight excluding hydrogens is 382 g/mol. The number of rotatable bonds is 4. The van der Waals surface area contributed by atoms with E-state index in [1.165, 1.54) is 21.5 Å². The molecule has 0 aliphatic carbocycles. The summed E-state index contributed by atoms with van der Waals surface area (Å²) in [7, 11) is 1.63. The van der Waals surface area contributed by atoms with Crippen molar-refractivity contribution in [1.82, 2.24) is 24.1 Å². The van der Waals surface area contributed by atoms with Gasteiger partial charge in [-0.2, -0.15) is 15.5 Å². The van der Waals surface area contributed by atoms with E-state index in [2.05, 4.69) is 15.5 Å². The minimum atomic E-state index is -0.444. The lowest BCUT2D eigenvalue weighted by atomic mass is 10.1. The number of hydrogen-bond acceptors (Lipinski definition) is 5. The van der Waals surface area contributed by atoms with Crippen molar-refractivity contribution in [3.05, 3.63) is 69.8 Å². The average molecular weight is 401 g/mol. The first-order valence-electron chi connectivity index (χ1n) is 9.28. The second kappa shape index (κ2) is 7.33. The molecule has 1 aromatic carbocycles. The maximum Gasteiger partial charge on any atom is 0.252 e. The molecule has 0 aliphatic rings. The molecule has 9 heteroatoms. The van der Waals surface area contributed by atoms with Crippen LogP contribution in [-0.4, -0.2) is 30.0 Å². The van der Waals surface area contributed by atoms with E-state index in [4.69, 9.17) is 0 Å². The van der Waals surface area contributed by atoms with Gasteiger partial charge in [-0.3, -0.25) is 18.8 Å². The van der Waals surface area contributed by atoms with Gasteiger partial charge in [-0.05, 0) is 31.5 Å². The van der Waals surface area contributed by atoms with Gasteiger partial charge in [0.05, 0.1) is 17.6 Å². The number of fused-ring (bicyclic) bond motifs is 1. The van der Waals surface area contributed by atoms with Gasteiger partial charge in [0.2, 0.25) is 5.91 Å². The van der Waals surface area contributed by atoms with Crippen molar-refractivity contribution >= 4 is 22.8 Å². The Balaban J connectivity index is 1.83. The van der Waals surface area contributed by atoms with Crippen molar-refractivity contribution in [1.29, 1.82) is 5.26 Å². The molecule has 4 rings (SSSR count). The highest BCUT2D eigenvalue weighted by atomic mass is 16.2. The average Bonchev–Trinajstić information content (AvgIpc) is 3.26. The van der Waals surface area contributed by atoms with Crippen molar-refractivity contribution in [3.63, 3.8) is 0 Å². The quantitative estimate of drug-likeness (QED) is 0.563. The number of amides is 1. The first kappa shape index (κ1) is 19.1. The maximum absolute atomic E-state index is 12.8. The molecule has 0 radical (unpaired) electrons. The van der Waals surface area contributed by atoms with Crippen LogP contribution in [0.4, 0.5) is 5.82 Å². The van der Waals surface area contributed by atoms with Crippen molar-refractivity contribution in [3.8, 4) is 11.8 Å². The Labute approximate surface area is 171 Å². The summed E-state index contributed by atoms with van der Waals surface area (Å²) in [5.74, 6) is -0.160. The van der Waals surface area contributed by atoms with Crippen LogP contribution in [0.1, 0.15) is 16.8 Å². The van der Waals surface area contributed by atoms with Gasteiger partial charge >= 0.3 is 0 Å². The minimum absolute atomic E-state index is 0.233. The summed E-state index contributed by atoms with van der Waals surface area (Å²) in [5.41, 5.74) is 2.83. The summed E-state index contributed by atoms with van der Waals surface area (Å²) < 4.78 is 4.48. The molecule has 1 N–H and O–H groups in total. The van der Waals surface area contributed by atoms with Crippen LogP contribution in [0.5, 0.6) is 0 Å². The lowest BCUT2D eigenvalue weighted by molar-refractivity contribution is -0.116. The zero-order valence-corrected chi connectivity index (χ0v) is 16.7. The fourth-order valence-electron chi connectivity index (χ4n) is 3.55. The highest BCUT2D eigenvalue weighted by Crippen LogP contribution is 2.24. The molecule has 4 aromatic rings. The Morgan fingerprint density at radius 3 is 2.67 bits per heavy atom. The normalized spacial score (nSPS) is 10.9. The van der Waals surface area contributed by atoms with E-state index in [0.29, 0.717) is 5.65 Å². The van der Waals surface area contributed by atoms with Crippen LogP contribution in [0, 0.1) is 25.2 Å². The summed E-state index contributed by atoms with van der Waals surface area (Å²) >= 11 is 0. The molecule has 0 bridgehead atoms. The van der Waals surface area contributed by atoms with Crippen LogP contribution in [0.15, 0.2) is 47.4 Å². The van der Waals surface area contributed by atoms with E-state index in [9.17, 15) is 14.9 Å². The molecule has 1 amide bonds. The Morgan fingerprint density at radius 1 is 1.23 bits per heavy atom. The number of anilines is 1. The van der Waals surface area contributed by atoms with Gasteiger partial charge in [-0.1, -0.05) is 18.2 Å². The smallest absolute Gasteiger partial charge is 0.252 e. The number of carbonyl (C=O) groups excluding carboxylic acids is 1. The molecule has 9 nitrogen and oxygen atoms in total. The molecule has 0 atom stereocenters. The molecule has 0 spiro atoms. The molecule has 30 heavy (non-hydrogen) atoms. The molecule has 0 saturated carbocycles. The summed E-state index contributed by atoms with van der Waals surface area (Å²) in [4.78, 5) is 25.6. The van der Waals surface area contributed by atoms with Gasteiger partial charge in [0.15, 0.2) is 0 Å². The standard InChI is InChI=1S/C21H19N7O2/c1-13-9-18(30)27(12-17(29)24-20-15(10-22)11-23-26(20)3)21-19(13)14(2)25-28(21)16-7-5-4-6-8-16/h4-9,11H,12H2,1-3H3,(H,24,29). The van der Waals surface area contributed by atoms with Crippen LogP contribution >= 0.6 is 0 Å². The summed E-state index contributed by atoms with van der Waals surface area (Å²) in [6.45, 7) is 3.50. The number of benzene rings is 1. The van der Waals surface area contributed by atoms with Crippen molar-refractivity contribution in [2.75, 3.05) is 5.32 Å². The van der Waals surface area contributed by atoms with Gasteiger partial charge in [-0.15, -0.1) is 0 Å². The minimum Gasteiger partial charge on any atom is -0.308 e. The number of hydrogen-bond donors (Lipinski definition) is 1. The third-order valence-electron chi connectivity index (χ3n) is 4.91. The van der Waals surface area contributed by atoms with E-state index in [-0.39, 0.29) is 23.5 Å². The zero-order valence-electron chi connectivity index (χ0n) is 16.7. The number of nitrogens with one attached hydrogen (secondary N) is 1. The lowest BCUT2D eigenvalue weighted by Crippen LogP contribution is -2.29. The van der Waals surface area contributed by atoms with Gasteiger partial charge < -0.3 is 5.32 Å². The molecule has 0 saturated heterocycles. The second-order valence-corrected chi connectivity index (χ2v) is 6.97. The van der Waals surface area contributed by atoms with Crippen LogP contribution < -0.4 is 10.9 Å². The summed E-state index contributed by atoms with van der Waals surface area (Å²) in [6.07, 6.45) is 1.37. The summed E-state index contributed by atoms with van der Waals surface area (Å²) in [5, 5.41) is 21.3. The third kappa shape index (κ3) is 3.14. The molecule has 0 fully saturated rings. The van der Waals surface area contributed by atoms with E-state index >= 15 is 0 Å². The molecule has 0 aliphatic heterocycles. The second-order valence-electron chi connectivity index (χ2n) is 6.97. The number of nitriles is 1. The van der Waals surface area contributed by atoms with Crippen LogP contribution in [0.25, 0.3) is 16.7 Å². The zero-order chi connectivity index (χ0) is 21.4. The summed E-state index contributed by atoms with van der Waals surface area (Å²) in [6, 6.07) is 12.9. The number of aryl methyl sites for hydroxylation is 3. The van der Waals surface area contributed by atoms with Crippen molar-refractivity contribution < 1.29 is 4.79 Å². The number of para-hydroxylation sites is 1. The molecule has 3 aromatic heterocycles. The maximum atomic E-state index is 12.8. The Hall–Kier alpha value is -4.19. The molecule has 150 valence electrons. The monoisotopic (exact) mass is 401 g/mol. The molecular formula is C21H19N7O2. The van der Waals surface area contributed by atoms with Gasteiger partial charge in [0.1, 0.15) is 29.6 Å². The van der Waals surface area contributed by atoms with E-state index in [1.807, 2.05) is 50.2 Å². The van der Waals surface area contributed by atoms with Gasteiger partial charge in [-0.25, -0.2) is 4.68 Å². The fraction of sp³-hybridized carbons (Fsp3) is 0.190. The van der Waals surface area contributed by atoms with Crippen molar-refractivity contribution in [2.45, 2.75) is 20.4 Å². The highest BCUT2D eigenvalue weighted by Gasteiger charge is 2.19. The number of pyridine rings is 1. The predicted molar refractivity (Wildman–Crippen MR) is 111 cm³/mol. The highest BCUT2D eigenvalue weighted by molar-refractivity contribution is 5.92. The Bertz CT molecular complexity index is 1370. The number of nitrogens with zero attached hydrogens (tertiary/aromatic N) is 6. The van der Waals surface area contributed by atoms with E-state index < -0.39 is 5.91 Å². The third-order valence-corrected chi connectivity index (χ3v) is 4.91. The van der Waals surface area contributed by atoms with Gasteiger partial charge in [0, 0.05) is 18.5 Å². The molecule has 0 unspecified atom stereocenters. The van der Waals surface area contributed by atoms with Crippen LogP contribution in [-0.2, 0) is 18.4 Å². The van der Waals surface area contributed by atoms with E-state index in [1.54, 1.807) is 11.7 Å².